The fourth-order valence-electron chi connectivity index (χ4n) is 1.62. The number of esters is 1. The molecule has 1 rings (SSSR count). The van der Waals surface area contributed by atoms with Crippen molar-refractivity contribution in [3.05, 3.63) is 41.6 Å². The van der Waals surface area contributed by atoms with Crippen molar-refractivity contribution in [2.24, 2.45) is 0 Å². The van der Waals surface area contributed by atoms with E-state index in [0.717, 1.165) is 6.42 Å². The molecule has 0 aliphatic heterocycles. The molecule has 0 saturated carbocycles. The first-order chi connectivity index (χ1) is 11.0. The highest BCUT2D eigenvalue weighted by Crippen LogP contribution is 2.11. The summed E-state index contributed by atoms with van der Waals surface area (Å²) in [4.78, 5) is 23.4. The lowest BCUT2D eigenvalue weighted by molar-refractivity contribution is -0.117. The maximum absolute atomic E-state index is 11.9. The average Bonchev–Trinajstić information content (AvgIpc) is 2.56. The monoisotopic (exact) mass is 315 g/mol. The Balaban J connectivity index is 2.72. The molecule has 0 fully saturated rings. The molecule has 1 aromatic rings. The van der Waals surface area contributed by atoms with Gasteiger partial charge in [0.15, 0.2) is 0 Å². The van der Waals surface area contributed by atoms with Crippen LogP contribution in [0.2, 0.25) is 0 Å². The Morgan fingerprint density at radius 3 is 2.48 bits per heavy atom. The summed E-state index contributed by atoms with van der Waals surface area (Å²) in [6.45, 7) is 5.88. The third-order valence-electron chi connectivity index (χ3n) is 3.13. The predicted molar refractivity (Wildman–Crippen MR) is 87.6 cm³/mol. The summed E-state index contributed by atoms with van der Waals surface area (Å²) < 4.78 is 4.90. The zero-order valence-corrected chi connectivity index (χ0v) is 13.6. The molecule has 1 amide bonds. The van der Waals surface area contributed by atoms with Gasteiger partial charge in [0, 0.05) is 17.9 Å². The molecule has 0 saturated heterocycles. The molecule has 1 aromatic carbocycles. The van der Waals surface area contributed by atoms with Crippen molar-refractivity contribution in [1.29, 1.82) is 5.26 Å². The molecule has 0 spiro atoms. The molecule has 1 unspecified atom stereocenters. The number of benzene rings is 1. The Morgan fingerprint density at radius 2 is 1.96 bits per heavy atom. The average molecular weight is 315 g/mol. The van der Waals surface area contributed by atoms with Crippen LogP contribution < -0.4 is 10.6 Å². The quantitative estimate of drug-likeness (QED) is 0.458. The summed E-state index contributed by atoms with van der Waals surface area (Å²) >= 11 is 0. The molecule has 1 atom stereocenters. The Morgan fingerprint density at radius 1 is 1.30 bits per heavy atom. The van der Waals surface area contributed by atoms with E-state index < -0.39 is 5.91 Å². The minimum Gasteiger partial charge on any atom is -0.462 e. The molecule has 23 heavy (non-hydrogen) atoms. The summed E-state index contributed by atoms with van der Waals surface area (Å²) in [7, 11) is 0. The van der Waals surface area contributed by atoms with Crippen LogP contribution in [0.25, 0.3) is 0 Å². The Hall–Kier alpha value is -2.81. The maximum Gasteiger partial charge on any atom is 0.338 e. The van der Waals surface area contributed by atoms with Gasteiger partial charge in [0.05, 0.1) is 12.2 Å². The Bertz CT molecular complexity index is 615. The second-order valence-corrected chi connectivity index (χ2v) is 4.89. The highest BCUT2D eigenvalue weighted by Gasteiger charge is 2.11. The molecule has 2 N–H and O–H groups in total. The van der Waals surface area contributed by atoms with Gasteiger partial charge in [-0.25, -0.2) is 4.79 Å². The molecule has 0 aliphatic carbocycles. The molecule has 6 nitrogen and oxygen atoms in total. The number of hydrogen-bond donors (Lipinski definition) is 2. The SMILES string of the molecule is CCOC(=O)c1ccc(N/C=C(/C#N)C(=O)NC(C)CC)cc1. The molecule has 6 heteroatoms. The first-order valence-electron chi connectivity index (χ1n) is 7.46. The number of nitrogens with zero attached hydrogens (tertiary/aromatic N) is 1. The van der Waals surface area contributed by atoms with E-state index in [0.29, 0.717) is 17.9 Å². The number of amides is 1. The van der Waals surface area contributed by atoms with Gasteiger partial charge in [-0.05, 0) is 44.5 Å². The van der Waals surface area contributed by atoms with E-state index in [2.05, 4.69) is 10.6 Å². The van der Waals surface area contributed by atoms with Crippen LogP contribution in [0.4, 0.5) is 5.69 Å². The first kappa shape index (κ1) is 18.2. The number of carbonyl (C=O) groups is 2. The highest BCUT2D eigenvalue weighted by molar-refractivity contribution is 5.97. The summed E-state index contributed by atoms with van der Waals surface area (Å²) in [5, 5.41) is 14.6. The van der Waals surface area contributed by atoms with Crippen LogP contribution in [-0.4, -0.2) is 24.5 Å². The van der Waals surface area contributed by atoms with Crippen LogP contribution in [0.1, 0.15) is 37.6 Å². The fourth-order valence-corrected chi connectivity index (χ4v) is 1.62. The summed E-state index contributed by atoms with van der Waals surface area (Å²) in [6.07, 6.45) is 2.13. The minimum absolute atomic E-state index is 0.00288. The number of nitriles is 1. The Labute approximate surface area is 136 Å². The predicted octanol–water partition coefficient (Wildman–Crippen LogP) is 2.60. The van der Waals surface area contributed by atoms with Crippen molar-refractivity contribution in [3.8, 4) is 6.07 Å². The second-order valence-electron chi connectivity index (χ2n) is 4.89. The number of carbonyl (C=O) groups excluding carboxylic acids is 2. The molecule has 0 radical (unpaired) electrons. The molecular formula is C17H21N3O3. The number of nitrogens with one attached hydrogen (secondary N) is 2. The third-order valence-corrected chi connectivity index (χ3v) is 3.13. The van der Waals surface area contributed by atoms with Gasteiger partial charge in [0.2, 0.25) is 0 Å². The lowest BCUT2D eigenvalue weighted by Gasteiger charge is -2.10. The van der Waals surface area contributed by atoms with E-state index in [4.69, 9.17) is 10.00 Å². The molecular weight excluding hydrogens is 294 g/mol. The largest absolute Gasteiger partial charge is 0.462 e. The van der Waals surface area contributed by atoms with Crippen LogP contribution in [0, 0.1) is 11.3 Å². The van der Waals surface area contributed by atoms with E-state index in [1.807, 2.05) is 19.9 Å². The van der Waals surface area contributed by atoms with Gasteiger partial charge < -0.3 is 15.4 Å². The van der Waals surface area contributed by atoms with Crippen LogP contribution >= 0.6 is 0 Å². The zero-order valence-electron chi connectivity index (χ0n) is 13.6. The van der Waals surface area contributed by atoms with Gasteiger partial charge in [-0.15, -0.1) is 0 Å². The van der Waals surface area contributed by atoms with E-state index in [1.165, 1.54) is 6.20 Å². The highest BCUT2D eigenvalue weighted by atomic mass is 16.5. The van der Waals surface area contributed by atoms with Crippen LogP contribution in [0.3, 0.4) is 0 Å². The molecule has 0 aliphatic rings. The standard InChI is InChI=1S/C17H21N3O3/c1-4-12(3)20-16(21)14(10-18)11-19-15-8-6-13(7-9-15)17(22)23-5-2/h6-9,11-12,19H,4-5H2,1-3H3,(H,20,21)/b14-11-. The smallest absolute Gasteiger partial charge is 0.338 e. The zero-order chi connectivity index (χ0) is 17.2. The van der Waals surface area contributed by atoms with Crippen molar-refractivity contribution in [1.82, 2.24) is 5.32 Å². The van der Waals surface area contributed by atoms with Gasteiger partial charge >= 0.3 is 5.97 Å². The van der Waals surface area contributed by atoms with E-state index in [9.17, 15) is 9.59 Å². The van der Waals surface area contributed by atoms with Crippen molar-refractivity contribution >= 4 is 17.6 Å². The van der Waals surface area contributed by atoms with Gasteiger partial charge in [-0.1, -0.05) is 6.92 Å². The summed E-state index contributed by atoms with van der Waals surface area (Å²) in [5.41, 5.74) is 1.08. The fraction of sp³-hybridized carbons (Fsp3) is 0.353. The number of ether oxygens (including phenoxy) is 1. The topological polar surface area (TPSA) is 91.2 Å². The third kappa shape index (κ3) is 5.83. The molecule has 0 heterocycles. The van der Waals surface area contributed by atoms with Crippen molar-refractivity contribution in [2.75, 3.05) is 11.9 Å². The van der Waals surface area contributed by atoms with Crippen LogP contribution in [0.15, 0.2) is 36.0 Å². The van der Waals surface area contributed by atoms with E-state index >= 15 is 0 Å². The second kappa shape index (κ2) is 9.26. The summed E-state index contributed by atoms with van der Waals surface area (Å²) in [6, 6.07) is 8.43. The van der Waals surface area contributed by atoms with Crippen molar-refractivity contribution < 1.29 is 14.3 Å². The molecule has 122 valence electrons. The van der Waals surface area contributed by atoms with Gasteiger partial charge in [0.1, 0.15) is 11.6 Å². The van der Waals surface area contributed by atoms with E-state index in [1.54, 1.807) is 31.2 Å². The lowest BCUT2D eigenvalue weighted by atomic mass is 10.2. The maximum atomic E-state index is 11.9. The van der Waals surface area contributed by atoms with Gasteiger partial charge in [-0.2, -0.15) is 5.26 Å². The lowest BCUT2D eigenvalue weighted by Crippen LogP contribution is -2.33. The number of anilines is 1. The normalized spacial score (nSPS) is 12.0. The number of hydrogen-bond acceptors (Lipinski definition) is 5. The van der Waals surface area contributed by atoms with Crippen molar-refractivity contribution in [2.45, 2.75) is 33.2 Å². The van der Waals surface area contributed by atoms with Crippen LogP contribution in [-0.2, 0) is 9.53 Å². The van der Waals surface area contributed by atoms with Crippen molar-refractivity contribution in [3.63, 3.8) is 0 Å². The molecule has 0 aromatic heterocycles. The van der Waals surface area contributed by atoms with Gasteiger partial charge in [-0.3, -0.25) is 4.79 Å². The Kier molecular flexibility index (Phi) is 7.34. The summed E-state index contributed by atoms with van der Waals surface area (Å²) in [5.74, 6) is -0.808. The molecule has 0 bridgehead atoms. The number of rotatable bonds is 7. The van der Waals surface area contributed by atoms with Crippen LogP contribution in [0.5, 0.6) is 0 Å². The van der Waals surface area contributed by atoms with Gasteiger partial charge in [0.25, 0.3) is 5.91 Å². The minimum atomic E-state index is -0.419. The first-order valence-corrected chi connectivity index (χ1v) is 7.46. The van der Waals surface area contributed by atoms with E-state index in [-0.39, 0.29) is 17.6 Å².